The molecule has 0 saturated carbocycles. The van der Waals surface area contributed by atoms with Crippen LogP contribution in [-0.2, 0) is 11.3 Å². The molecule has 0 bridgehead atoms. The van der Waals surface area contributed by atoms with Crippen LogP contribution in [0.15, 0.2) is 36.4 Å². The normalized spacial score (nSPS) is 19.0. The van der Waals surface area contributed by atoms with Crippen LogP contribution in [-0.4, -0.2) is 61.5 Å². The van der Waals surface area contributed by atoms with Crippen LogP contribution in [0.25, 0.3) is 0 Å². The molecule has 30 heavy (non-hydrogen) atoms. The van der Waals surface area contributed by atoms with Crippen LogP contribution >= 0.6 is 0 Å². The smallest absolute Gasteiger partial charge is 0.241 e. The molecule has 5 rings (SSSR count). The number of piperazine rings is 1. The van der Waals surface area contributed by atoms with Crippen LogP contribution in [0.2, 0.25) is 0 Å². The second-order valence-electron chi connectivity index (χ2n) is 7.73. The second kappa shape index (κ2) is 8.04. The SMILES string of the molecule is C[C@H](C(=O)Nc1ccc2c(c1)OCO2)N1CCN(Cc2ccc3c(c2)OCO3)CC1. The Bertz CT molecular complexity index is 942. The summed E-state index contributed by atoms with van der Waals surface area (Å²) in [6.07, 6.45) is 0. The monoisotopic (exact) mass is 411 g/mol. The van der Waals surface area contributed by atoms with E-state index in [0.717, 1.165) is 49.9 Å². The number of amides is 1. The quantitative estimate of drug-likeness (QED) is 0.809. The van der Waals surface area contributed by atoms with E-state index in [0.29, 0.717) is 18.3 Å². The van der Waals surface area contributed by atoms with Crippen LogP contribution < -0.4 is 24.3 Å². The molecule has 8 heteroatoms. The maximum Gasteiger partial charge on any atom is 0.241 e. The molecular weight excluding hydrogens is 386 g/mol. The number of hydrogen-bond donors (Lipinski definition) is 1. The van der Waals surface area contributed by atoms with Crippen LogP contribution in [0, 0.1) is 0 Å². The first-order valence-electron chi connectivity index (χ1n) is 10.2. The minimum absolute atomic E-state index is 0.0157. The van der Waals surface area contributed by atoms with E-state index in [2.05, 4.69) is 27.2 Å². The molecule has 158 valence electrons. The van der Waals surface area contributed by atoms with Gasteiger partial charge in [0.1, 0.15) is 0 Å². The van der Waals surface area contributed by atoms with E-state index in [1.54, 1.807) is 6.07 Å². The number of rotatable bonds is 5. The second-order valence-corrected chi connectivity index (χ2v) is 7.73. The minimum atomic E-state index is -0.205. The number of nitrogens with one attached hydrogen (secondary N) is 1. The lowest BCUT2D eigenvalue weighted by molar-refractivity contribution is -0.121. The van der Waals surface area contributed by atoms with Gasteiger partial charge < -0.3 is 24.3 Å². The first-order chi connectivity index (χ1) is 14.7. The van der Waals surface area contributed by atoms with Gasteiger partial charge in [-0.1, -0.05) is 6.07 Å². The Hall–Kier alpha value is -2.97. The van der Waals surface area contributed by atoms with Gasteiger partial charge in [-0.25, -0.2) is 0 Å². The molecule has 3 heterocycles. The first-order valence-corrected chi connectivity index (χ1v) is 10.2. The summed E-state index contributed by atoms with van der Waals surface area (Å²) in [6, 6.07) is 11.4. The summed E-state index contributed by atoms with van der Waals surface area (Å²) < 4.78 is 21.5. The Kier molecular flexibility index (Phi) is 5.10. The molecule has 3 aliphatic rings. The molecule has 1 saturated heterocycles. The predicted molar refractivity (Wildman–Crippen MR) is 110 cm³/mol. The predicted octanol–water partition coefficient (Wildman–Crippen LogP) is 2.29. The average molecular weight is 411 g/mol. The van der Waals surface area contributed by atoms with E-state index in [4.69, 9.17) is 18.9 Å². The molecule has 2 aromatic rings. The lowest BCUT2D eigenvalue weighted by Crippen LogP contribution is -2.52. The summed E-state index contributed by atoms with van der Waals surface area (Å²) in [5.41, 5.74) is 1.93. The fourth-order valence-electron chi connectivity index (χ4n) is 3.99. The number of nitrogens with zero attached hydrogens (tertiary/aromatic N) is 2. The number of anilines is 1. The van der Waals surface area contributed by atoms with Crippen molar-refractivity contribution in [3.63, 3.8) is 0 Å². The molecule has 3 aliphatic heterocycles. The zero-order chi connectivity index (χ0) is 20.5. The van der Waals surface area contributed by atoms with Crippen molar-refractivity contribution in [2.45, 2.75) is 19.5 Å². The highest BCUT2D eigenvalue weighted by Gasteiger charge is 2.26. The van der Waals surface area contributed by atoms with Crippen molar-refractivity contribution < 1.29 is 23.7 Å². The third kappa shape index (κ3) is 3.88. The van der Waals surface area contributed by atoms with Gasteiger partial charge in [0.15, 0.2) is 23.0 Å². The zero-order valence-electron chi connectivity index (χ0n) is 16.9. The Labute approximate surface area is 175 Å². The van der Waals surface area contributed by atoms with Crippen LogP contribution in [0.5, 0.6) is 23.0 Å². The lowest BCUT2D eigenvalue weighted by Gasteiger charge is -2.37. The van der Waals surface area contributed by atoms with Crippen molar-refractivity contribution >= 4 is 11.6 Å². The average Bonchev–Trinajstić information content (AvgIpc) is 3.42. The van der Waals surface area contributed by atoms with E-state index in [1.807, 2.05) is 25.1 Å². The standard InChI is InChI=1S/C22H25N3O5/c1-15(22(26)23-17-3-5-19-21(11-17)30-14-28-19)25-8-6-24(7-9-25)12-16-2-4-18-20(10-16)29-13-27-18/h2-5,10-11,15H,6-9,12-14H2,1H3,(H,23,26)/t15-/m1/s1. The van der Waals surface area contributed by atoms with Gasteiger partial charge in [0.25, 0.3) is 0 Å². The molecule has 1 fully saturated rings. The number of ether oxygens (including phenoxy) is 4. The molecule has 8 nitrogen and oxygen atoms in total. The fourth-order valence-corrected chi connectivity index (χ4v) is 3.99. The van der Waals surface area contributed by atoms with Crippen molar-refractivity contribution in [1.82, 2.24) is 9.80 Å². The number of fused-ring (bicyclic) bond motifs is 2. The van der Waals surface area contributed by atoms with E-state index in [9.17, 15) is 4.79 Å². The summed E-state index contributed by atoms with van der Waals surface area (Å²) in [7, 11) is 0. The van der Waals surface area contributed by atoms with Gasteiger partial charge in [-0.05, 0) is 36.8 Å². The summed E-state index contributed by atoms with van der Waals surface area (Å²) in [5.74, 6) is 2.99. The van der Waals surface area contributed by atoms with Gasteiger partial charge in [0.05, 0.1) is 6.04 Å². The Morgan fingerprint density at radius 1 is 0.900 bits per heavy atom. The molecular formula is C22H25N3O5. The van der Waals surface area contributed by atoms with Crippen molar-refractivity contribution in [3.05, 3.63) is 42.0 Å². The Balaban J connectivity index is 1.13. The van der Waals surface area contributed by atoms with E-state index < -0.39 is 0 Å². The number of hydrogen-bond acceptors (Lipinski definition) is 7. The number of carbonyl (C=O) groups is 1. The van der Waals surface area contributed by atoms with Crippen molar-refractivity contribution in [1.29, 1.82) is 0 Å². The Morgan fingerprint density at radius 2 is 1.53 bits per heavy atom. The van der Waals surface area contributed by atoms with Crippen molar-refractivity contribution in [3.8, 4) is 23.0 Å². The molecule has 0 aromatic heterocycles. The molecule has 1 amide bonds. The summed E-state index contributed by atoms with van der Waals surface area (Å²) in [4.78, 5) is 17.3. The third-order valence-electron chi connectivity index (χ3n) is 5.82. The van der Waals surface area contributed by atoms with Gasteiger partial charge >= 0.3 is 0 Å². The summed E-state index contributed by atoms with van der Waals surface area (Å²) >= 11 is 0. The van der Waals surface area contributed by atoms with Gasteiger partial charge in [-0.2, -0.15) is 0 Å². The van der Waals surface area contributed by atoms with E-state index in [-0.39, 0.29) is 18.7 Å². The molecule has 2 aromatic carbocycles. The highest BCUT2D eigenvalue weighted by atomic mass is 16.7. The largest absolute Gasteiger partial charge is 0.454 e. The highest BCUT2D eigenvalue weighted by Crippen LogP contribution is 2.34. The fraction of sp³-hybridized carbons (Fsp3) is 0.409. The lowest BCUT2D eigenvalue weighted by atomic mass is 10.1. The van der Waals surface area contributed by atoms with Crippen molar-refractivity contribution in [2.75, 3.05) is 45.1 Å². The van der Waals surface area contributed by atoms with Crippen LogP contribution in [0.1, 0.15) is 12.5 Å². The maximum absolute atomic E-state index is 12.7. The van der Waals surface area contributed by atoms with Crippen molar-refractivity contribution in [2.24, 2.45) is 0 Å². The Morgan fingerprint density at radius 3 is 2.27 bits per heavy atom. The highest BCUT2D eigenvalue weighted by molar-refractivity contribution is 5.94. The molecule has 0 aliphatic carbocycles. The van der Waals surface area contributed by atoms with Gasteiger partial charge in [0, 0.05) is 44.5 Å². The molecule has 1 atom stereocenters. The molecule has 0 spiro atoms. The molecule has 0 unspecified atom stereocenters. The third-order valence-corrected chi connectivity index (χ3v) is 5.82. The van der Waals surface area contributed by atoms with E-state index in [1.165, 1.54) is 5.56 Å². The van der Waals surface area contributed by atoms with Gasteiger partial charge in [-0.15, -0.1) is 0 Å². The summed E-state index contributed by atoms with van der Waals surface area (Å²) in [6.45, 7) is 6.86. The minimum Gasteiger partial charge on any atom is -0.454 e. The number of benzene rings is 2. The topological polar surface area (TPSA) is 72.5 Å². The molecule has 1 N–H and O–H groups in total. The zero-order valence-corrected chi connectivity index (χ0v) is 16.9. The van der Waals surface area contributed by atoms with Gasteiger partial charge in [-0.3, -0.25) is 14.6 Å². The van der Waals surface area contributed by atoms with Gasteiger partial charge in [0.2, 0.25) is 19.5 Å². The maximum atomic E-state index is 12.7. The summed E-state index contributed by atoms with van der Waals surface area (Å²) in [5, 5.41) is 2.99. The number of carbonyl (C=O) groups excluding carboxylic acids is 1. The van der Waals surface area contributed by atoms with Crippen LogP contribution in [0.4, 0.5) is 5.69 Å². The van der Waals surface area contributed by atoms with E-state index >= 15 is 0 Å². The van der Waals surface area contributed by atoms with Crippen LogP contribution in [0.3, 0.4) is 0 Å². The first kappa shape index (κ1) is 19.0. The molecule has 0 radical (unpaired) electrons.